The van der Waals surface area contributed by atoms with E-state index < -0.39 is 0 Å². The summed E-state index contributed by atoms with van der Waals surface area (Å²) in [6.07, 6.45) is 2.47. The molecule has 4 rings (SSSR count). The quantitative estimate of drug-likeness (QED) is 0.484. The number of nitrogens with two attached hydrogens (primary N) is 1. The molecule has 3 aromatic rings. The number of para-hydroxylation sites is 1. The van der Waals surface area contributed by atoms with E-state index in [4.69, 9.17) is 10.5 Å². The molecular formula is C28H31N3O3. The van der Waals surface area contributed by atoms with Gasteiger partial charge in [0.15, 0.2) is 0 Å². The second-order valence-electron chi connectivity index (χ2n) is 8.51. The first-order chi connectivity index (χ1) is 16.6. The maximum atomic E-state index is 13.5. The number of ether oxygens (including phenoxy) is 1. The predicted octanol–water partition coefficient (Wildman–Crippen LogP) is 5.09. The number of carbonyl (C=O) groups is 2. The first-order valence-corrected chi connectivity index (χ1v) is 11.8. The Labute approximate surface area is 200 Å². The highest BCUT2D eigenvalue weighted by Gasteiger charge is 2.27. The van der Waals surface area contributed by atoms with Crippen molar-refractivity contribution in [3.8, 4) is 0 Å². The van der Waals surface area contributed by atoms with Crippen molar-refractivity contribution in [3.05, 3.63) is 95.1 Å². The molecule has 0 bridgehead atoms. The van der Waals surface area contributed by atoms with Crippen molar-refractivity contribution in [2.75, 3.05) is 29.9 Å². The average molecular weight is 458 g/mol. The second kappa shape index (κ2) is 11.1. The van der Waals surface area contributed by atoms with Gasteiger partial charge in [-0.05, 0) is 74.7 Å². The number of carbonyl (C=O) groups excluding carboxylic acids is 2. The third kappa shape index (κ3) is 5.35. The zero-order chi connectivity index (χ0) is 23.9. The topological polar surface area (TPSA) is 84.7 Å². The highest BCUT2D eigenvalue weighted by atomic mass is 16.5. The van der Waals surface area contributed by atoms with E-state index in [0.717, 1.165) is 36.1 Å². The minimum atomic E-state index is -0.167. The van der Waals surface area contributed by atoms with Gasteiger partial charge in [-0.2, -0.15) is 0 Å². The summed E-state index contributed by atoms with van der Waals surface area (Å²) < 4.78 is 6.10. The molecule has 1 atom stereocenters. The number of hydrogen-bond acceptors (Lipinski definition) is 4. The molecule has 6 nitrogen and oxygen atoms in total. The van der Waals surface area contributed by atoms with Gasteiger partial charge in [-0.25, -0.2) is 0 Å². The number of benzene rings is 3. The fourth-order valence-corrected chi connectivity index (χ4v) is 4.29. The number of rotatable bonds is 7. The normalized spacial score (nSPS) is 15.4. The summed E-state index contributed by atoms with van der Waals surface area (Å²) in [6, 6.07) is 22.5. The van der Waals surface area contributed by atoms with Crippen LogP contribution in [-0.4, -0.2) is 31.5 Å². The molecule has 1 heterocycles. The molecule has 2 amide bonds. The molecule has 1 aliphatic rings. The monoisotopic (exact) mass is 457 g/mol. The lowest BCUT2D eigenvalue weighted by Gasteiger charge is -2.24. The Hall–Kier alpha value is -3.48. The van der Waals surface area contributed by atoms with E-state index in [0.29, 0.717) is 36.5 Å². The van der Waals surface area contributed by atoms with Crippen LogP contribution >= 0.6 is 0 Å². The van der Waals surface area contributed by atoms with Crippen molar-refractivity contribution in [2.24, 2.45) is 5.73 Å². The fraction of sp³-hybridized carbons (Fsp3) is 0.286. The third-order valence-corrected chi connectivity index (χ3v) is 6.11. The molecule has 0 saturated carbocycles. The molecule has 0 aromatic heterocycles. The van der Waals surface area contributed by atoms with Crippen molar-refractivity contribution in [1.82, 2.24) is 0 Å². The van der Waals surface area contributed by atoms with Crippen molar-refractivity contribution in [2.45, 2.75) is 32.3 Å². The number of nitrogens with zero attached hydrogens (tertiary/aromatic N) is 1. The van der Waals surface area contributed by atoms with Crippen LogP contribution in [0.4, 0.5) is 11.4 Å². The van der Waals surface area contributed by atoms with E-state index in [1.165, 1.54) is 0 Å². The standard InChI is InChI=1S/C28H31N3O3/c1-20-8-2-3-9-23(20)27(32)30-22-15-13-21(14-16-22)28(33)31-18-6-12-26(34-19-7-17-29)24-10-4-5-11-25(24)31/h2-5,8-11,13-16,26H,6-7,12,17-19,29H2,1H3,(H,30,32). The highest BCUT2D eigenvalue weighted by Crippen LogP contribution is 2.36. The minimum Gasteiger partial charge on any atom is -0.373 e. The number of aryl methyl sites for hydroxylation is 1. The SMILES string of the molecule is Cc1ccccc1C(=O)Nc1ccc(C(=O)N2CCCC(OCCCN)c3ccccc32)cc1. The van der Waals surface area contributed by atoms with E-state index in [-0.39, 0.29) is 17.9 Å². The van der Waals surface area contributed by atoms with Gasteiger partial charge in [-0.15, -0.1) is 0 Å². The van der Waals surface area contributed by atoms with Gasteiger partial charge in [0, 0.05) is 41.2 Å². The lowest BCUT2D eigenvalue weighted by molar-refractivity contribution is 0.0468. The maximum absolute atomic E-state index is 13.5. The Kier molecular flexibility index (Phi) is 7.72. The van der Waals surface area contributed by atoms with Gasteiger partial charge < -0.3 is 20.7 Å². The molecule has 3 aromatic carbocycles. The van der Waals surface area contributed by atoms with Crippen molar-refractivity contribution >= 4 is 23.2 Å². The van der Waals surface area contributed by atoms with E-state index >= 15 is 0 Å². The van der Waals surface area contributed by atoms with Gasteiger partial charge in [0.05, 0.1) is 6.10 Å². The molecule has 6 heteroatoms. The molecule has 0 aliphatic carbocycles. The Morgan fingerprint density at radius 3 is 2.53 bits per heavy atom. The van der Waals surface area contributed by atoms with Crippen LogP contribution in [0.5, 0.6) is 0 Å². The Morgan fingerprint density at radius 2 is 1.76 bits per heavy atom. The number of fused-ring (bicyclic) bond motifs is 1. The van der Waals surface area contributed by atoms with E-state index in [9.17, 15) is 9.59 Å². The van der Waals surface area contributed by atoms with Gasteiger partial charge in [0.1, 0.15) is 0 Å². The summed E-state index contributed by atoms with van der Waals surface area (Å²) in [7, 11) is 0. The maximum Gasteiger partial charge on any atom is 0.258 e. The van der Waals surface area contributed by atoms with Gasteiger partial charge >= 0.3 is 0 Å². The summed E-state index contributed by atoms with van der Waals surface area (Å²) >= 11 is 0. The first kappa shape index (κ1) is 23.7. The zero-order valence-electron chi connectivity index (χ0n) is 19.5. The number of anilines is 2. The number of nitrogens with one attached hydrogen (secondary N) is 1. The fourth-order valence-electron chi connectivity index (χ4n) is 4.29. The smallest absolute Gasteiger partial charge is 0.258 e. The minimum absolute atomic E-state index is 0.0421. The summed E-state index contributed by atoms with van der Waals surface area (Å²) in [5.74, 6) is -0.230. The third-order valence-electron chi connectivity index (χ3n) is 6.11. The Morgan fingerprint density at radius 1 is 1.03 bits per heavy atom. The molecule has 1 unspecified atom stereocenters. The van der Waals surface area contributed by atoms with E-state index in [2.05, 4.69) is 5.32 Å². The molecule has 0 spiro atoms. The summed E-state index contributed by atoms with van der Waals surface area (Å²) in [4.78, 5) is 27.9. The summed E-state index contributed by atoms with van der Waals surface area (Å²) in [5.41, 5.74) is 10.3. The molecule has 1 aliphatic heterocycles. The zero-order valence-corrected chi connectivity index (χ0v) is 19.5. The van der Waals surface area contributed by atoms with E-state index in [1.807, 2.05) is 54.3 Å². The molecule has 0 fully saturated rings. The molecule has 0 saturated heterocycles. The summed E-state index contributed by atoms with van der Waals surface area (Å²) in [6.45, 7) is 3.74. The van der Waals surface area contributed by atoms with Crippen molar-refractivity contribution in [3.63, 3.8) is 0 Å². The number of hydrogen-bond donors (Lipinski definition) is 2. The van der Waals surface area contributed by atoms with Crippen LogP contribution in [0, 0.1) is 6.92 Å². The van der Waals surface area contributed by atoms with Gasteiger partial charge in [0.25, 0.3) is 11.8 Å². The van der Waals surface area contributed by atoms with Crippen LogP contribution in [0.3, 0.4) is 0 Å². The van der Waals surface area contributed by atoms with Crippen LogP contribution < -0.4 is 16.0 Å². The average Bonchev–Trinajstić information content (AvgIpc) is 3.04. The highest BCUT2D eigenvalue weighted by molar-refractivity contribution is 6.08. The van der Waals surface area contributed by atoms with Crippen molar-refractivity contribution in [1.29, 1.82) is 0 Å². The molecule has 34 heavy (non-hydrogen) atoms. The second-order valence-corrected chi connectivity index (χ2v) is 8.51. The van der Waals surface area contributed by atoms with Gasteiger partial charge in [-0.1, -0.05) is 36.4 Å². The largest absolute Gasteiger partial charge is 0.373 e. The lowest BCUT2D eigenvalue weighted by Crippen LogP contribution is -2.31. The molecule has 3 N–H and O–H groups in total. The van der Waals surface area contributed by atoms with Crippen LogP contribution in [0.1, 0.15) is 57.2 Å². The molecule has 0 radical (unpaired) electrons. The summed E-state index contributed by atoms with van der Waals surface area (Å²) in [5, 5.41) is 2.91. The Balaban J connectivity index is 1.50. The molecular weight excluding hydrogens is 426 g/mol. The molecule has 176 valence electrons. The first-order valence-electron chi connectivity index (χ1n) is 11.8. The van der Waals surface area contributed by atoms with Crippen LogP contribution in [0.2, 0.25) is 0 Å². The van der Waals surface area contributed by atoms with Crippen LogP contribution in [-0.2, 0) is 4.74 Å². The van der Waals surface area contributed by atoms with Crippen LogP contribution in [0.15, 0.2) is 72.8 Å². The van der Waals surface area contributed by atoms with Gasteiger partial charge in [-0.3, -0.25) is 9.59 Å². The van der Waals surface area contributed by atoms with Crippen molar-refractivity contribution < 1.29 is 14.3 Å². The van der Waals surface area contributed by atoms with E-state index in [1.54, 1.807) is 30.3 Å². The number of amides is 2. The van der Waals surface area contributed by atoms with Gasteiger partial charge in [0.2, 0.25) is 0 Å². The Bertz CT molecular complexity index is 1140. The predicted molar refractivity (Wildman–Crippen MR) is 135 cm³/mol. The lowest BCUT2D eigenvalue weighted by atomic mass is 10.0. The van der Waals surface area contributed by atoms with Crippen LogP contribution in [0.25, 0.3) is 0 Å².